The molecule has 1 fully saturated rings. The Bertz CT molecular complexity index is 538. The zero-order valence-electron chi connectivity index (χ0n) is 13.3. The lowest BCUT2D eigenvalue weighted by atomic mass is 10.0. The van der Waals surface area contributed by atoms with Crippen LogP contribution in [0.4, 0.5) is 5.69 Å². The molecule has 1 aliphatic carbocycles. The Morgan fingerprint density at radius 3 is 2.59 bits per heavy atom. The van der Waals surface area contributed by atoms with E-state index in [1.54, 1.807) is 7.11 Å². The van der Waals surface area contributed by atoms with Crippen LogP contribution in [-0.2, 0) is 20.7 Å². The number of benzene rings is 1. The maximum atomic E-state index is 12.5. The van der Waals surface area contributed by atoms with Gasteiger partial charge in [0.05, 0.1) is 0 Å². The second-order valence-electron chi connectivity index (χ2n) is 5.65. The molecule has 0 bridgehead atoms. The SMILES string of the molecule is CCc1ccccc1NC(=O)C1(C(=O)NCCCOC)CC1. The average molecular weight is 304 g/mol. The van der Waals surface area contributed by atoms with Gasteiger partial charge < -0.3 is 15.4 Å². The van der Waals surface area contributed by atoms with E-state index in [1.807, 2.05) is 31.2 Å². The molecule has 1 aliphatic rings. The fourth-order valence-electron chi connectivity index (χ4n) is 2.46. The van der Waals surface area contributed by atoms with Crippen molar-refractivity contribution in [3.05, 3.63) is 29.8 Å². The number of nitrogens with one attached hydrogen (secondary N) is 2. The molecule has 5 heteroatoms. The number of carbonyl (C=O) groups excluding carboxylic acids is 2. The molecule has 0 spiro atoms. The first-order valence-electron chi connectivity index (χ1n) is 7.80. The van der Waals surface area contributed by atoms with Crippen LogP contribution in [0.1, 0.15) is 31.7 Å². The van der Waals surface area contributed by atoms with Crippen molar-refractivity contribution < 1.29 is 14.3 Å². The molecule has 5 nitrogen and oxygen atoms in total. The fraction of sp³-hybridized carbons (Fsp3) is 0.529. The molecular formula is C17H24N2O3. The van der Waals surface area contributed by atoms with Crippen LogP contribution >= 0.6 is 0 Å². The van der Waals surface area contributed by atoms with Crippen molar-refractivity contribution in [2.75, 3.05) is 25.6 Å². The second kappa shape index (κ2) is 7.40. The van der Waals surface area contributed by atoms with E-state index in [9.17, 15) is 9.59 Å². The molecule has 1 aromatic rings. The molecule has 2 amide bonds. The highest BCUT2D eigenvalue weighted by molar-refractivity contribution is 6.13. The molecule has 0 atom stereocenters. The summed E-state index contributed by atoms with van der Waals surface area (Å²) in [4.78, 5) is 24.8. The first-order chi connectivity index (χ1) is 10.6. The van der Waals surface area contributed by atoms with Gasteiger partial charge >= 0.3 is 0 Å². The van der Waals surface area contributed by atoms with E-state index >= 15 is 0 Å². The Kier molecular flexibility index (Phi) is 5.55. The van der Waals surface area contributed by atoms with Gasteiger partial charge in [-0.05, 0) is 37.3 Å². The highest BCUT2D eigenvalue weighted by atomic mass is 16.5. The quantitative estimate of drug-likeness (QED) is 0.571. The van der Waals surface area contributed by atoms with Crippen molar-refractivity contribution in [1.82, 2.24) is 5.32 Å². The summed E-state index contributed by atoms with van der Waals surface area (Å²) in [5.74, 6) is -0.368. The molecule has 0 aromatic heterocycles. The van der Waals surface area contributed by atoms with Gasteiger partial charge in [-0.2, -0.15) is 0 Å². The highest BCUT2D eigenvalue weighted by Gasteiger charge is 2.56. The molecular weight excluding hydrogens is 280 g/mol. The molecule has 2 rings (SSSR count). The smallest absolute Gasteiger partial charge is 0.240 e. The third-order valence-electron chi connectivity index (χ3n) is 4.08. The minimum absolute atomic E-state index is 0.171. The van der Waals surface area contributed by atoms with Gasteiger partial charge in [0.25, 0.3) is 0 Å². The third kappa shape index (κ3) is 3.65. The van der Waals surface area contributed by atoms with E-state index in [0.717, 1.165) is 24.1 Å². The molecule has 120 valence electrons. The van der Waals surface area contributed by atoms with E-state index < -0.39 is 5.41 Å². The highest BCUT2D eigenvalue weighted by Crippen LogP contribution is 2.47. The van der Waals surface area contributed by atoms with E-state index in [-0.39, 0.29) is 11.8 Å². The maximum Gasteiger partial charge on any atom is 0.240 e. The van der Waals surface area contributed by atoms with Gasteiger partial charge in [0, 0.05) is 25.9 Å². The zero-order chi connectivity index (χ0) is 16.0. The summed E-state index contributed by atoms with van der Waals surface area (Å²) < 4.78 is 4.95. The van der Waals surface area contributed by atoms with Crippen LogP contribution in [0, 0.1) is 5.41 Å². The Morgan fingerprint density at radius 1 is 1.23 bits per heavy atom. The molecule has 0 heterocycles. The third-order valence-corrected chi connectivity index (χ3v) is 4.08. The van der Waals surface area contributed by atoms with E-state index in [2.05, 4.69) is 10.6 Å². The maximum absolute atomic E-state index is 12.5. The standard InChI is InChI=1S/C17H24N2O3/c1-3-13-7-4-5-8-14(13)19-16(21)17(9-10-17)15(20)18-11-6-12-22-2/h4-5,7-8H,3,6,9-12H2,1-2H3,(H,18,20)(H,19,21). The Labute approximate surface area is 131 Å². The number of anilines is 1. The van der Waals surface area contributed by atoms with Crippen molar-refractivity contribution in [2.45, 2.75) is 32.6 Å². The number of amides is 2. The van der Waals surface area contributed by atoms with Gasteiger partial charge in [-0.25, -0.2) is 0 Å². The van der Waals surface area contributed by atoms with E-state index in [4.69, 9.17) is 4.74 Å². The monoisotopic (exact) mass is 304 g/mol. The first kappa shape index (κ1) is 16.5. The van der Waals surface area contributed by atoms with Gasteiger partial charge in [-0.1, -0.05) is 25.1 Å². The number of methoxy groups -OCH3 is 1. The predicted octanol–water partition coefficient (Wildman–Crippen LogP) is 2.12. The Hall–Kier alpha value is -1.88. The molecule has 0 radical (unpaired) electrons. The first-order valence-corrected chi connectivity index (χ1v) is 7.80. The lowest BCUT2D eigenvalue weighted by Gasteiger charge is -2.17. The van der Waals surface area contributed by atoms with Crippen molar-refractivity contribution in [3.8, 4) is 0 Å². The molecule has 1 saturated carbocycles. The van der Waals surface area contributed by atoms with Crippen molar-refractivity contribution >= 4 is 17.5 Å². The number of carbonyl (C=O) groups is 2. The molecule has 2 N–H and O–H groups in total. The molecule has 22 heavy (non-hydrogen) atoms. The topological polar surface area (TPSA) is 67.4 Å². The number of para-hydroxylation sites is 1. The number of aryl methyl sites for hydroxylation is 1. The lowest BCUT2D eigenvalue weighted by Crippen LogP contribution is -2.40. The van der Waals surface area contributed by atoms with Crippen LogP contribution in [0.3, 0.4) is 0 Å². The van der Waals surface area contributed by atoms with Crippen LogP contribution in [0.25, 0.3) is 0 Å². The van der Waals surface area contributed by atoms with E-state index in [0.29, 0.717) is 26.0 Å². The van der Waals surface area contributed by atoms with E-state index in [1.165, 1.54) is 0 Å². The van der Waals surface area contributed by atoms with Crippen LogP contribution in [0.15, 0.2) is 24.3 Å². The fourth-order valence-corrected chi connectivity index (χ4v) is 2.46. The van der Waals surface area contributed by atoms with Gasteiger partial charge in [0.15, 0.2) is 0 Å². The Morgan fingerprint density at radius 2 is 1.95 bits per heavy atom. The summed E-state index contributed by atoms with van der Waals surface area (Å²) in [7, 11) is 1.63. The molecule has 0 aliphatic heterocycles. The van der Waals surface area contributed by atoms with Crippen LogP contribution in [-0.4, -0.2) is 32.1 Å². The summed E-state index contributed by atoms with van der Waals surface area (Å²) in [5, 5.41) is 5.76. The summed E-state index contributed by atoms with van der Waals surface area (Å²) >= 11 is 0. The van der Waals surface area contributed by atoms with Crippen molar-refractivity contribution in [3.63, 3.8) is 0 Å². The minimum atomic E-state index is -0.881. The molecule has 0 saturated heterocycles. The Balaban J connectivity index is 1.95. The number of rotatable bonds is 8. The van der Waals surface area contributed by atoms with Gasteiger partial charge in [0.2, 0.25) is 11.8 Å². The van der Waals surface area contributed by atoms with Gasteiger partial charge in [-0.3, -0.25) is 9.59 Å². The van der Waals surface area contributed by atoms with Crippen molar-refractivity contribution in [2.24, 2.45) is 5.41 Å². The largest absolute Gasteiger partial charge is 0.385 e. The van der Waals surface area contributed by atoms with Crippen LogP contribution in [0.5, 0.6) is 0 Å². The van der Waals surface area contributed by atoms with Gasteiger partial charge in [-0.15, -0.1) is 0 Å². The minimum Gasteiger partial charge on any atom is -0.385 e. The number of hydrogen-bond acceptors (Lipinski definition) is 3. The summed E-state index contributed by atoms with van der Waals surface area (Å²) in [6, 6.07) is 7.70. The second-order valence-corrected chi connectivity index (χ2v) is 5.65. The summed E-state index contributed by atoms with van der Waals surface area (Å²) in [5.41, 5.74) is 0.995. The van der Waals surface area contributed by atoms with Crippen LogP contribution in [0.2, 0.25) is 0 Å². The molecule has 0 unspecified atom stereocenters. The normalized spacial score (nSPS) is 15.2. The van der Waals surface area contributed by atoms with Gasteiger partial charge in [0.1, 0.15) is 5.41 Å². The zero-order valence-corrected chi connectivity index (χ0v) is 13.3. The summed E-state index contributed by atoms with van der Waals surface area (Å²) in [6.45, 7) is 3.18. The predicted molar refractivity (Wildman–Crippen MR) is 85.6 cm³/mol. The lowest BCUT2D eigenvalue weighted by molar-refractivity contribution is -0.134. The number of hydrogen-bond donors (Lipinski definition) is 2. The van der Waals surface area contributed by atoms with Crippen LogP contribution < -0.4 is 10.6 Å². The molecule has 1 aromatic carbocycles. The number of ether oxygens (including phenoxy) is 1. The summed E-state index contributed by atoms with van der Waals surface area (Å²) in [6.07, 6.45) is 2.82. The average Bonchev–Trinajstić information content (AvgIpc) is 3.34. The van der Waals surface area contributed by atoms with Crippen molar-refractivity contribution in [1.29, 1.82) is 0 Å².